The standard InChI is InChI=1S/C32H45N5O2/c1-5-36-19-14-32(15-20-36)30(24(2)35(4)31(32)38)27-22-25(10-12-28(27)33-3)26-11-13-29(34-23-26)39-21-9-18-37-16-7-6-8-17-37/h10-13,22-23,31,38H,3,5-9,14-21H2,1-2,4H3. The lowest BCUT2D eigenvalue weighted by atomic mass is 9.69. The summed E-state index contributed by atoms with van der Waals surface area (Å²) < 4.78 is 5.95. The Morgan fingerprint density at radius 1 is 1.05 bits per heavy atom. The summed E-state index contributed by atoms with van der Waals surface area (Å²) in [5.74, 6) is 0.669. The quantitative estimate of drug-likeness (QED) is 0.344. The maximum absolute atomic E-state index is 11.5. The van der Waals surface area contributed by atoms with Crippen LogP contribution in [0.15, 0.2) is 47.2 Å². The zero-order valence-electron chi connectivity index (χ0n) is 24.0. The largest absolute Gasteiger partial charge is 0.478 e. The third-order valence-electron chi connectivity index (χ3n) is 9.27. The van der Waals surface area contributed by atoms with Crippen LogP contribution in [0.1, 0.15) is 57.9 Å². The van der Waals surface area contributed by atoms with Crippen LogP contribution < -0.4 is 4.74 Å². The van der Waals surface area contributed by atoms with Crippen molar-refractivity contribution in [2.24, 2.45) is 10.4 Å². The third kappa shape index (κ3) is 5.63. The molecule has 0 bridgehead atoms. The summed E-state index contributed by atoms with van der Waals surface area (Å²) in [6.45, 7) is 15.4. The van der Waals surface area contributed by atoms with Crippen molar-refractivity contribution >= 4 is 18.0 Å². The van der Waals surface area contributed by atoms with E-state index in [1.165, 1.54) is 37.9 Å². The van der Waals surface area contributed by atoms with E-state index >= 15 is 0 Å². The second kappa shape index (κ2) is 12.2. The fourth-order valence-electron chi connectivity index (χ4n) is 6.80. The van der Waals surface area contributed by atoms with Crippen molar-refractivity contribution in [3.63, 3.8) is 0 Å². The predicted octanol–water partition coefficient (Wildman–Crippen LogP) is 5.43. The number of allylic oxidation sites excluding steroid dienone is 1. The highest BCUT2D eigenvalue weighted by molar-refractivity contribution is 5.85. The van der Waals surface area contributed by atoms with Crippen LogP contribution in [0.5, 0.6) is 5.88 Å². The summed E-state index contributed by atoms with van der Waals surface area (Å²) in [5, 5.41) is 11.5. The summed E-state index contributed by atoms with van der Waals surface area (Å²) in [7, 11) is 2.00. The first-order valence-corrected chi connectivity index (χ1v) is 14.7. The first-order valence-electron chi connectivity index (χ1n) is 14.7. The summed E-state index contributed by atoms with van der Waals surface area (Å²) in [5.41, 5.74) is 6.03. The highest BCUT2D eigenvalue weighted by Gasteiger charge is 2.51. The minimum atomic E-state index is -0.541. The molecule has 1 spiro atoms. The molecule has 3 aliphatic rings. The van der Waals surface area contributed by atoms with Crippen LogP contribution in [0, 0.1) is 5.41 Å². The van der Waals surface area contributed by atoms with Crippen LogP contribution in [-0.2, 0) is 0 Å². The van der Waals surface area contributed by atoms with E-state index in [0.29, 0.717) is 12.5 Å². The minimum absolute atomic E-state index is 0.313. The lowest BCUT2D eigenvalue weighted by Crippen LogP contribution is -2.48. The molecule has 5 rings (SSSR count). The van der Waals surface area contributed by atoms with Gasteiger partial charge in [-0.05, 0) is 108 Å². The number of nitrogens with zero attached hydrogens (tertiary/aromatic N) is 5. The SMILES string of the molecule is C=Nc1ccc(-c2ccc(OCCCN3CCCCC3)nc2)cc1C1=C(C)N(C)C(O)C12CCN(CC)CC2. The van der Waals surface area contributed by atoms with Crippen molar-refractivity contribution in [2.45, 2.75) is 58.6 Å². The average molecular weight is 532 g/mol. The van der Waals surface area contributed by atoms with Gasteiger partial charge in [-0.3, -0.25) is 4.99 Å². The number of ether oxygens (including phenoxy) is 1. The summed E-state index contributed by atoms with van der Waals surface area (Å²) in [6, 6.07) is 10.4. The Morgan fingerprint density at radius 3 is 2.46 bits per heavy atom. The number of aliphatic hydroxyl groups is 1. The van der Waals surface area contributed by atoms with Crippen molar-refractivity contribution in [3.8, 4) is 17.0 Å². The summed E-state index contributed by atoms with van der Waals surface area (Å²) in [4.78, 5) is 16.1. The molecule has 2 fully saturated rings. The molecule has 1 N–H and O–H groups in total. The van der Waals surface area contributed by atoms with E-state index < -0.39 is 6.23 Å². The van der Waals surface area contributed by atoms with Crippen molar-refractivity contribution in [1.29, 1.82) is 0 Å². The highest BCUT2D eigenvalue weighted by Crippen LogP contribution is 2.55. The Labute approximate surface area is 234 Å². The van der Waals surface area contributed by atoms with Crippen molar-refractivity contribution in [2.75, 3.05) is 52.9 Å². The molecule has 0 amide bonds. The zero-order valence-corrected chi connectivity index (χ0v) is 24.0. The smallest absolute Gasteiger partial charge is 0.213 e. The number of pyridine rings is 1. The van der Waals surface area contributed by atoms with Gasteiger partial charge in [-0.2, -0.15) is 0 Å². The van der Waals surface area contributed by atoms with Gasteiger partial charge < -0.3 is 24.5 Å². The average Bonchev–Trinajstić information content (AvgIpc) is 3.16. The number of hydrogen-bond acceptors (Lipinski definition) is 7. The van der Waals surface area contributed by atoms with Gasteiger partial charge in [0.2, 0.25) is 5.88 Å². The second-order valence-electron chi connectivity index (χ2n) is 11.4. The van der Waals surface area contributed by atoms with Crippen LogP contribution in [0.3, 0.4) is 0 Å². The van der Waals surface area contributed by atoms with Gasteiger partial charge in [-0.1, -0.05) is 19.4 Å². The molecule has 1 aromatic heterocycles. The summed E-state index contributed by atoms with van der Waals surface area (Å²) in [6.07, 6.45) is 8.23. The first-order chi connectivity index (χ1) is 19.0. The van der Waals surface area contributed by atoms with Gasteiger partial charge in [0, 0.05) is 48.1 Å². The predicted molar refractivity (Wildman–Crippen MR) is 159 cm³/mol. The molecule has 210 valence electrons. The van der Waals surface area contributed by atoms with Crippen LogP contribution in [0.2, 0.25) is 0 Å². The van der Waals surface area contributed by atoms with E-state index in [4.69, 9.17) is 4.74 Å². The molecule has 0 radical (unpaired) electrons. The van der Waals surface area contributed by atoms with E-state index in [2.05, 4.69) is 58.5 Å². The maximum atomic E-state index is 11.5. The highest BCUT2D eigenvalue weighted by atomic mass is 16.5. The van der Waals surface area contributed by atoms with Crippen molar-refractivity contribution < 1.29 is 9.84 Å². The maximum Gasteiger partial charge on any atom is 0.213 e. The minimum Gasteiger partial charge on any atom is -0.478 e. The van der Waals surface area contributed by atoms with Crippen molar-refractivity contribution in [3.05, 3.63) is 47.8 Å². The van der Waals surface area contributed by atoms with E-state index in [9.17, 15) is 5.11 Å². The Bertz CT molecular complexity index is 1160. The summed E-state index contributed by atoms with van der Waals surface area (Å²) >= 11 is 0. The number of piperidine rings is 2. The van der Waals surface area contributed by atoms with Gasteiger partial charge in [-0.15, -0.1) is 0 Å². The number of benzene rings is 1. The van der Waals surface area contributed by atoms with Crippen LogP contribution in [0.4, 0.5) is 5.69 Å². The molecule has 7 nitrogen and oxygen atoms in total. The van der Waals surface area contributed by atoms with E-state index in [1.807, 2.05) is 30.3 Å². The van der Waals surface area contributed by atoms with Gasteiger partial charge in [0.25, 0.3) is 0 Å². The molecule has 0 saturated carbocycles. The van der Waals surface area contributed by atoms with Crippen LogP contribution >= 0.6 is 0 Å². The second-order valence-corrected chi connectivity index (χ2v) is 11.4. The molecular weight excluding hydrogens is 486 g/mol. The Morgan fingerprint density at radius 2 is 1.79 bits per heavy atom. The molecule has 1 unspecified atom stereocenters. The van der Waals surface area contributed by atoms with Crippen LogP contribution in [-0.4, -0.2) is 90.7 Å². The number of aromatic nitrogens is 1. The lowest BCUT2D eigenvalue weighted by molar-refractivity contribution is -0.0453. The number of aliphatic imine (C=N–C) groups is 1. The molecule has 1 atom stereocenters. The van der Waals surface area contributed by atoms with E-state index in [-0.39, 0.29) is 5.41 Å². The molecule has 0 aliphatic carbocycles. The molecule has 1 aromatic carbocycles. The molecule has 7 heteroatoms. The fraction of sp³-hybridized carbons (Fsp3) is 0.562. The van der Waals surface area contributed by atoms with E-state index in [1.54, 1.807) is 0 Å². The molecule has 4 heterocycles. The molecule has 3 aliphatic heterocycles. The van der Waals surface area contributed by atoms with E-state index in [0.717, 1.165) is 73.5 Å². The first kappa shape index (κ1) is 27.8. The Kier molecular flexibility index (Phi) is 8.70. The van der Waals surface area contributed by atoms with Gasteiger partial charge >= 0.3 is 0 Å². The number of aliphatic hydroxyl groups excluding tert-OH is 1. The van der Waals surface area contributed by atoms with Gasteiger partial charge in [-0.25, -0.2) is 4.98 Å². The third-order valence-corrected chi connectivity index (χ3v) is 9.27. The molecule has 39 heavy (non-hydrogen) atoms. The number of hydrogen-bond donors (Lipinski definition) is 1. The van der Waals surface area contributed by atoms with Gasteiger partial charge in [0.1, 0.15) is 6.23 Å². The molecule has 2 saturated heterocycles. The normalized spacial score (nSPS) is 22.1. The fourth-order valence-corrected chi connectivity index (χ4v) is 6.80. The molecular formula is C32H45N5O2. The van der Waals surface area contributed by atoms with Gasteiger partial charge in [0.05, 0.1) is 12.3 Å². The zero-order chi connectivity index (χ0) is 27.4. The number of likely N-dealkylation sites (tertiary alicyclic amines) is 2. The molecule has 2 aromatic rings. The monoisotopic (exact) mass is 531 g/mol. The van der Waals surface area contributed by atoms with Gasteiger partial charge in [0.15, 0.2) is 0 Å². The Balaban J connectivity index is 1.34. The Hall–Kier alpha value is -2.74. The van der Waals surface area contributed by atoms with Crippen molar-refractivity contribution in [1.82, 2.24) is 19.7 Å². The number of rotatable bonds is 9. The lowest BCUT2D eigenvalue weighted by Gasteiger charge is -2.43. The van der Waals surface area contributed by atoms with Crippen LogP contribution in [0.25, 0.3) is 16.7 Å². The topological polar surface area (TPSA) is 64.4 Å².